The molecule has 2 nitrogen and oxygen atoms in total. The monoisotopic (exact) mass is 240 g/mol. The Morgan fingerprint density at radius 3 is 2.75 bits per heavy atom. The molecule has 0 spiro atoms. The summed E-state index contributed by atoms with van der Waals surface area (Å²) in [4.78, 5) is 10.5. The van der Waals surface area contributed by atoms with Gasteiger partial charge in [0.15, 0.2) is 0 Å². The number of aryl methyl sites for hydroxylation is 2. The molecule has 0 aromatic heterocycles. The lowest BCUT2D eigenvalue weighted by atomic mass is 10.1. The van der Waals surface area contributed by atoms with Gasteiger partial charge in [0.05, 0.1) is 6.61 Å². The van der Waals surface area contributed by atoms with Crippen LogP contribution in [0.4, 0.5) is 0 Å². The molecule has 1 aromatic carbocycles. The van der Waals surface area contributed by atoms with E-state index in [0.29, 0.717) is 13.0 Å². The summed E-state index contributed by atoms with van der Waals surface area (Å²) in [6.07, 6.45) is 2.07. The summed E-state index contributed by atoms with van der Waals surface area (Å²) in [6, 6.07) is 6.14. The Hall–Kier alpha value is -1.02. The van der Waals surface area contributed by atoms with Crippen molar-refractivity contribution in [3.63, 3.8) is 0 Å². The number of benzene rings is 1. The summed E-state index contributed by atoms with van der Waals surface area (Å²) < 4.78 is 5.65. The molecular weight excluding hydrogens is 224 g/mol. The summed E-state index contributed by atoms with van der Waals surface area (Å²) in [5.74, 6) is 0.928. The van der Waals surface area contributed by atoms with Gasteiger partial charge in [0.2, 0.25) is 5.24 Å². The fourth-order valence-corrected chi connectivity index (χ4v) is 1.54. The van der Waals surface area contributed by atoms with E-state index in [1.807, 2.05) is 26.0 Å². The van der Waals surface area contributed by atoms with Gasteiger partial charge in [0, 0.05) is 6.42 Å². The van der Waals surface area contributed by atoms with Gasteiger partial charge in [-0.15, -0.1) is 0 Å². The van der Waals surface area contributed by atoms with Crippen LogP contribution in [0.1, 0.15) is 30.4 Å². The van der Waals surface area contributed by atoms with E-state index < -0.39 is 0 Å². The number of halogens is 1. The quantitative estimate of drug-likeness (QED) is 0.561. The number of ether oxygens (including phenoxy) is 1. The number of hydrogen-bond donors (Lipinski definition) is 0. The average Bonchev–Trinajstić information content (AvgIpc) is 2.22. The fraction of sp³-hybridized carbons (Fsp3) is 0.462. The summed E-state index contributed by atoms with van der Waals surface area (Å²) >= 11 is 5.24. The predicted molar refractivity (Wildman–Crippen MR) is 66.1 cm³/mol. The van der Waals surface area contributed by atoms with Crippen LogP contribution in [0, 0.1) is 13.8 Å². The predicted octanol–water partition coefficient (Wildman–Crippen LogP) is 3.62. The first-order valence-corrected chi connectivity index (χ1v) is 5.86. The second-order valence-corrected chi connectivity index (χ2v) is 4.35. The van der Waals surface area contributed by atoms with Gasteiger partial charge in [-0.1, -0.05) is 12.1 Å². The van der Waals surface area contributed by atoms with Crippen molar-refractivity contribution < 1.29 is 9.53 Å². The van der Waals surface area contributed by atoms with Crippen molar-refractivity contribution in [2.45, 2.75) is 33.1 Å². The van der Waals surface area contributed by atoms with E-state index in [9.17, 15) is 4.79 Å². The first-order chi connectivity index (χ1) is 7.59. The second-order valence-electron chi connectivity index (χ2n) is 3.93. The average molecular weight is 241 g/mol. The van der Waals surface area contributed by atoms with Crippen LogP contribution >= 0.6 is 11.6 Å². The summed E-state index contributed by atoms with van der Waals surface area (Å²) in [6.45, 7) is 4.70. The molecule has 0 fully saturated rings. The molecular formula is C13H17ClO2. The van der Waals surface area contributed by atoms with E-state index in [1.165, 1.54) is 5.56 Å². The van der Waals surface area contributed by atoms with Crippen LogP contribution in [-0.4, -0.2) is 11.8 Å². The standard InChI is InChI=1S/C13H17ClO2/c1-10-6-7-11(2)12(9-10)16-8-4-3-5-13(14)15/h6-7,9H,3-5,8H2,1-2H3. The largest absolute Gasteiger partial charge is 0.493 e. The zero-order valence-electron chi connectivity index (χ0n) is 9.75. The van der Waals surface area contributed by atoms with E-state index in [4.69, 9.17) is 16.3 Å². The highest BCUT2D eigenvalue weighted by atomic mass is 35.5. The van der Waals surface area contributed by atoms with Gasteiger partial charge in [-0.3, -0.25) is 4.79 Å². The Kier molecular flexibility index (Phi) is 5.33. The molecule has 88 valence electrons. The highest BCUT2D eigenvalue weighted by Gasteiger charge is 2.00. The van der Waals surface area contributed by atoms with E-state index in [2.05, 4.69) is 6.07 Å². The minimum Gasteiger partial charge on any atom is -0.493 e. The molecule has 0 aliphatic heterocycles. The number of unbranched alkanes of at least 4 members (excludes halogenated alkanes) is 1. The van der Waals surface area contributed by atoms with E-state index in [0.717, 1.165) is 24.2 Å². The van der Waals surface area contributed by atoms with Crippen LogP contribution < -0.4 is 4.74 Å². The molecule has 0 unspecified atom stereocenters. The highest BCUT2D eigenvalue weighted by Crippen LogP contribution is 2.19. The maximum Gasteiger partial charge on any atom is 0.221 e. The van der Waals surface area contributed by atoms with Crippen LogP contribution in [0.2, 0.25) is 0 Å². The van der Waals surface area contributed by atoms with E-state index >= 15 is 0 Å². The topological polar surface area (TPSA) is 26.3 Å². The zero-order chi connectivity index (χ0) is 12.0. The maximum atomic E-state index is 10.5. The van der Waals surface area contributed by atoms with Crippen LogP contribution in [0.15, 0.2) is 18.2 Å². The first-order valence-electron chi connectivity index (χ1n) is 5.48. The van der Waals surface area contributed by atoms with Gasteiger partial charge < -0.3 is 4.74 Å². The SMILES string of the molecule is Cc1ccc(C)c(OCCCCC(=O)Cl)c1. The highest BCUT2D eigenvalue weighted by molar-refractivity contribution is 6.63. The van der Waals surface area contributed by atoms with Gasteiger partial charge in [0.25, 0.3) is 0 Å². The zero-order valence-corrected chi connectivity index (χ0v) is 10.5. The third kappa shape index (κ3) is 4.67. The van der Waals surface area contributed by atoms with Gasteiger partial charge >= 0.3 is 0 Å². The molecule has 0 saturated heterocycles. The van der Waals surface area contributed by atoms with Crippen molar-refractivity contribution >= 4 is 16.8 Å². The Morgan fingerprint density at radius 2 is 2.06 bits per heavy atom. The molecule has 0 amide bonds. The van der Waals surface area contributed by atoms with Gasteiger partial charge in [-0.05, 0) is 55.5 Å². The van der Waals surface area contributed by atoms with Crippen molar-refractivity contribution in [2.24, 2.45) is 0 Å². The molecule has 0 atom stereocenters. The first kappa shape index (κ1) is 13.0. The van der Waals surface area contributed by atoms with Crippen LogP contribution in [0.3, 0.4) is 0 Å². The van der Waals surface area contributed by atoms with Crippen molar-refractivity contribution in [1.82, 2.24) is 0 Å². The maximum absolute atomic E-state index is 10.5. The number of carbonyl (C=O) groups excluding carboxylic acids is 1. The normalized spacial score (nSPS) is 10.2. The van der Waals surface area contributed by atoms with Crippen molar-refractivity contribution in [2.75, 3.05) is 6.61 Å². The third-order valence-corrected chi connectivity index (χ3v) is 2.56. The number of carbonyl (C=O) groups is 1. The summed E-state index contributed by atoms with van der Waals surface area (Å²) in [5.41, 5.74) is 2.33. The Balaban J connectivity index is 2.31. The Labute approximate surface area is 102 Å². The smallest absolute Gasteiger partial charge is 0.221 e. The van der Waals surface area contributed by atoms with Crippen molar-refractivity contribution in [1.29, 1.82) is 0 Å². The minimum atomic E-state index is -0.272. The molecule has 0 aliphatic rings. The van der Waals surface area contributed by atoms with Crippen LogP contribution in [-0.2, 0) is 4.79 Å². The molecule has 0 N–H and O–H groups in total. The van der Waals surface area contributed by atoms with Gasteiger partial charge in [-0.2, -0.15) is 0 Å². The number of hydrogen-bond acceptors (Lipinski definition) is 2. The molecule has 0 heterocycles. The summed E-state index contributed by atoms with van der Waals surface area (Å²) in [5, 5.41) is -0.272. The molecule has 0 saturated carbocycles. The van der Waals surface area contributed by atoms with Crippen LogP contribution in [0.5, 0.6) is 5.75 Å². The second kappa shape index (κ2) is 6.54. The third-order valence-electron chi connectivity index (χ3n) is 2.37. The van der Waals surface area contributed by atoms with Gasteiger partial charge in [0.1, 0.15) is 5.75 Å². The number of rotatable bonds is 6. The van der Waals surface area contributed by atoms with Crippen molar-refractivity contribution in [3.8, 4) is 5.75 Å². The van der Waals surface area contributed by atoms with Crippen molar-refractivity contribution in [3.05, 3.63) is 29.3 Å². The lowest BCUT2D eigenvalue weighted by molar-refractivity contribution is -0.111. The lowest BCUT2D eigenvalue weighted by Crippen LogP contribution is -2.00. The Morgan fingerprint density at radius 1 is 1.31 bits per heavy atom. The molecule has 1 rings (SSSR count). The van der Waals surface area contributed by atoms with E-state index in [-0.39, 0.29) is 5.24 Å². The fourth-order valence-electron chi connectivity index (χ4n) is 1.41. The molecule has 0 aliphatic carbocycles. The van der Waals surface area contributed by atoms with Crippen LogP contribution in [0.25, 0.3) is 0 Å². The lowest BCUT2D eigenvalue weighted by Gasteiger charge is -2.09. The molecule has 16 heavy (non-hydrogen) atoms. The molecule has 1 aromatic rings. The summed E-state index contributed by atoms with van der Waals surface area (Å²) in [7, 11) is 0. The molecule has 0 bridgehead atoms. The molecule has 3 heteroatoms. The van der Waals surface area contributed by atoms with Gasteiger partial charge in [-0.25, -0.2) is 0 Å². The Bertz CT molecular complexity index is 361. The van der Waals surface area contributed by atoms with E-state index in [1.54, 1.807) is 0 Å². The minimum absolute atomic E-state index is 0.272. The molecule has 0 radical (unpaired) electrons.